The predicted molar refractivity (Wildman–Crippen MR) is 127 cm³/mol. The molecule has 2 aromatic carbocycles. The second-order valence-electron chi connectivity index (χ2n) is 8.87. The molecule has 34 heavy (non-hydrogen) atoms. The van der Waals surface area contributed by atoms with E-state index in [1.54, 1.807) is 19.2 Å². The van der Waals surface area contributed by atoms with Gasteiger partial charge in [0.2, 0.25) is 0 Å². The number of ether oxygens (including phenoxy) is 4. The molecule has 8 heteroatoms. The molecule has 0 aliphatic carbocycles. The van der Waals surface area contributed by atoms with Crippen LogP contribution in [0.2, 0.25) is 0 Å². The average Bonchev–Trinajstić information content (AvgIpc) is 3.53. The minimum absolute atomic E-state index is 0.0134. The molecule has 0 radical (unpaired) electrons. The highest BCUT2D eigenvalue weighted by atomic mass is 16.7. The maximum Gasteiger partial charge on any atom is 0.257 e. The third-order valence-corrected chi connectivity index (χ3v) is 6.86. The van der Waals surface area contributed by atoms with E-state index in [9.17, 15) is 4.79 Å². The first-order chi connectivity index (χ1) is 16.6. The van der Waals surface area contributed by atoms with Crippen molar-refractivity contribution in [3.05, 3.63) is 59.7 Å². The van der Waals surface area contributed by atoms with Crippen molar-refractivity contribution in [2.45, 2.75) is 31.1 Å². The summed E-state index contributed by atoms with van der Waals surface area (Å²) in [6.07, 6.45) is 2.17. The van der Waals surface area contributed by atoms with Gasteiger partial charge in [0.15, 0.2) is 5.79 Å². The Labute approximate surface area is 200 Å². The van der Waals surface area contributed by atoms with E-state index in [0.717, 1.165) is 42.8 Å². The zero-order chi connectivity index (χ0) is 23.5. The molecule has 1 atom stereocenters. The molecule has 2 saturated heterocycles. The Morgan fingerprint density at radius 1 is 1.06 bits per heavy atom. The lowest BCUT2D eigenvalue weighted by Crippen LogP contribution is -2.48. The Kier molecular flexibility index (Phi) is 6.54. The third kappa shape index (κ3) is 4.53. The lowest BCUT2D eigenvalue weighted by atomic mass is 9.97. The van der Waals surface area contributed by atoms with Crippen molar-refractivity contribution in [1.29, 1.82) is 0 Å². The summed E-state index contributed by atoms with van der Waals surface area (Å²) >= 11 is 0. The normalized spacial score (nSPS) is 22.1. The lowest BCUT2D eigenvalue weighted by molar-refractivity contribution is -0.186. The van der Waals surface area contributed by atoms with Crippen LogP contribution in [-0.4, -0.2) is 74.4 Å². The van der Waals surface area contributed by atoms with E-state index in [1.807, 2.05) is 48.5 Å². The first kappa shape index (κ1) is 22.8. The molecular weight excluding hydrogens is 434 g/mol. The Bertz CT molecular complexity index is 1040. The van der Waals surface area contributed by atoms with Crippen molar-refractivity contribution in [1.82, 2.24) is 9.91 Å². The molecule has 3 aliphatic heterocycles. The van der Waals surface area contributed by atoms with E-state index in [2.05, 4.69) is 4.90 Å². The van der Waals surface area contributed by atoms with Crippen LogP contribution in [0.4, 0.5) is 0 Å². The number of benzene rings is 2. The summed E-state index contributed by atoms with van der Waals surface area (Å²) in [6, 6.07) is 15.6. The average molecular weight is 466 g/mol. The quantitative estimate of drug-likeness (QED) is 0.652. The van der Waals surface area contributed by atoms with Crippen LogP contribution in [0.15, 0.2) is 53.6 Å². The van der Waals surface area contributed by atoms with Gasteiger partial charge < -0.3 is 18.9 Å². The van der Waals surface area contributed by atoms with Gasteiger partial charge in [-0.25, -0.2) is 5.01 Å². The van der Waals surface area contributed by atoms with Crippen LogP contribution in [0, 0.1) is 0 Å². The van der Waals surface area contributed by atoms with Crippen molar-refractivity contribution in [3.63, 3.8) is 0 Å². The fraction of sp³-hybridized carbons (Fsp3) is 0.462. The van der Waals surface area contributed by atoms with Gasteiger partial charge in [0.25, 0.3) is 5.91 Å². The first-order valence-corrected chi connectivity index (χ1v) is 11.8. The van der Waals surface area contributed by atoms with Gasteiger partial charge in [0.05, 0.1) is 45.7 Å². The van der Waals surface area contributed by atoms with Gasteiger partial charge in [-0.3, -0.25) is 9.69 Å². The first-order valence-electron chi connectivity index (χ1n) is 11.8. The molecule has 8 nitrogen and oxygen atoms in total. The molecule has 3 heterocycles. The second kappa shape index (κ2) is 9.74. The smallest absolute Gasteiger partial charge is 0.257 e. The van der Waals surface area contributed by atoms with Crippen molar-refractivity contribution in [2.75, 3.05) is 47.1 Å². The fourth-order valence-electron chi connectivity index (χ4n) is 4.98. The van der Waals surface area contributed by atoms with Crippen LogP contribution < -0.4 is 9.47 Å². The highest BCUT2D eigenvalue weighted by Gasteiger charge is 2.41. The van der Waals surface area contributed by atoms with Crippen LogP contribution >= 0.6 is 0 Å². The number of rotatable bonds is 6. The number of amides is 1. The summed E-state index contributed by atoms with van der Waals surface area (Å²) in [5.74, 6) is 0.929. The van der Waals surface area contributed by atoms with E-state index in [0.29, 0.717) is 37.7 Å². The summed E-state index contributed by atoms with van der Waals surface area (Å²) in [5.41, 5.74) is 2.76. The molecule has 5 rings (SSSR count). The molecule has 0 aromatic heterocycles. The number of nitrogens with zero attached hydrogens (tertiary/aromatic N) is 3. The molecule has 0 N–H and O–H groups in total. The standard InChI is InChI=1S/C26H31N3O5/c1-31-20-8-9-21(24(16-20)32-2)22-17-23(19-6-4-3-5-7-19)29(27-22)25(30)18-28-12-10-26(11-13-28)33-14-15-34-26/h3-9,16,23H,10-15,17-18H2,1-2H3/t23-/m0/s1. The SMILES string of the molecule is COc1ccc(C2=NN(C(=O)CN3CCC4(CC3)OCCO4)[C@H](c3ccccc3)C2)c(OC)c1. The van der Waals surface area contributed by atoms with Gasteiger partial charge in [-0.2, -0.15) is 5.10 Å². The number of piperidine rings is 1. The molecule has 2 fully saturated rings. The largest absolute Gasteiger partial charge is 0.497 e. The number of carbonyl (C=O) groups excluding carboxylic acids is 1. The Balaban J connectivity index is 1.36. The highest BCUT2D eigenvalue weighted by Crippen LogP contribution is 2.37. The van der Waals surface area contributed by atoms with E-state index in [1.165, 1.54) is 0 Å². The molecule has 0 unspecified atom stereocenters. The molecular formula is C26H31N3O5. The van der Waals surface area contributed by atoms with Gasteiger partial charge in [-0.1, -0.05) is 30.3 Å². The summed E-state index contributed by atoms with van der Waals surface area (Å²) in [4.78, 5) is 15.7. The van der Waals surface area contributed by atoms with E-state index in [-0.39, 0.29) is 11.9 Å². The Morgan fingerprint density at radius 3 is 2.47 bits per heavy atom. The maximum absolute atomic E-state index is 13.5. The number of hydrogen-bond donors (Lipinski definition) is 0. The number of methoxy groups -OCH3 is 2. The van der Waals surface area contributed by atoms with Gasteiger partial charge in [0, 0.05) is 44.0 Å². The lowest BCUT2D eigenvalue weighted by Gasteiger charge is -2.37. The van der Waals surface area contributed by atoms with Crippen LogP contribution in [0.1, 0.15) is 36.4 Å². The van der Waals surface area contributed by atoms with E-state index >= 15 is 0 Å². The van der Waals surface area contributed by atoms with Gasteiger partial charge in [-0.15, -0.1) is 0 Å². The maximum atomic E-state index is 13.5. The van der Waals surface area contributed by atoms with E-state index in [4.69, 9.17) is 24.0 Å². The summed E-state index contributed by atoms with van der Waals surface area (Å²) in [5, 5.41) is 6.47. The molecule has 1 spiro atoms. The number of likely N-dealkylation sites (tertiary alicyclic amines) is 1. The van der Waals surface area contributed by atoms with Crippen molar-refractivity contribution < 1.29 is 23.7 Å². The highest BCUT2D eigenvalue weighted by molar-refractivity contribution is 6.05. The summed E-state index contributed by atoms with van der Waals surface area (Å²) in [6.45, 7) is 3.14. The third-order valence-electron chi connectivity index (χ3n) is 6.86. The number of hydrogen-bond acceptors (Lipinski definition) is 7. The van der Waals surface area contributed by atoms with Gasteiger partial charge in [0.1, 0.15) is 11.5 Å². The fourth-order valence-corrected chi connectivity index (χ4v) is 4.98. The van der Waals surface area contributed by atoms with Gasteiger partial charge >= 0.3 is 0 Å². The molecule has 1 amide bonds. The zero-order valence-corrected chi connectivity index (χ0v) is 19.7. The van der Waals surface area contributed by atoms with Crippen LogP contribution in [0.3, 0.4) is 0 Å². The van der Waals surface area contributed by atoms with Crippen molar-refractivity contribution >= 4 is 11.6 Å². The minimum Gasteiger partial charge on any atom is -0.497 e. The Morgan fingerprint density at radius 2 is 1.79 bits per heavy atom. The second-order valence-corrected chi connectivity index (χ2v) is 8.87. The monoisotopic (exact) mass is 465 g/mol. The van der Waals surface area contributed by atoms with Crippen molar-refractivity contribution in [2.24, 2.45) is 5.10 Å². The molecule has 0 bridgehead atoms. The molecule has 180 valence electrons. The summed E-state index contributed by atoms with van der Waals surface area (Å²) in [7, 11) is 3.26. The Hall–Kier alpha value is -2.94. The molecule has 3 aliphatic rings. The predicted octanol–water partition coefficient (Wildman–Crippen LogP) is 3.22. The molecule has 2 aromatic rings. The van der Waals surface area contributed by atoms with Crippen molar-refractivity contribution in [3.8, 4) is 11.5 Å². The number of carbonyl (C=O) groups is 1. The number of hydrazone groups is 1. The summed E-state index contributed by atoms with van der Waals surface area (Å²) < 4.78 is 22.6. The minimum atomic E-state index is -0.448. The molecule has 0 saturated carbocycles. The van der Waals surface area contributed by atoms with E-state index < -0.39 is 5.79 Å². The van der Waals surface area contributed by atoms with Crippen LogP contribution in [0.5, 0.6) is 11.5 Å². The van der Waals surface area contributed by atoms with Crippen LogP contribution in [-0.2, 0) is 14.3 Å². The zero-order valence-electron chi connectivity index (χ0n) is 19.7. The van der Waals surface area contributed by atoms with Gasteiger partial charge in [-0.05, 0) is 17.7 Å². The topological polar surface area (TPSA) is 72.8 Å². The van der Waals surface area contributed by atoms with Crippen LogP contribution in [0.25, 0.3) is 0 Å².